The molecule has 0 aliphatic heterocycles. The van der Waals surface area contributed by atoms with Crippen molar-refractivity contribution in [3.8, 4) is 0 Å². The highest BCUT2D eigenvalue weighted by molar-refractivity contribution is 6.39. The number of para-hydroxylation sites is 2. The van der Waals surface area contributed by atoms with Crippen LogP contribution >= 0.6 is 23.2 Å². The number of amides is 1. The Kier molecular flexibility index (Phi) is 7.50. The summed E-state index contributed by atoms with van der Waals surface area (Å²) in [6.45, 7) is -0.000676. The number of pyridine rings is 1. The molecule has 0 radical (unpaired) electrons. The van der Waals surface area contributed by atoms with E-state index in [0.717, 1.165) is 5.56 Å². The number of carbonyl (C=O) groups excluding carboxylic acids is 2. The first-order valence-corrected chi connectivity index (χ1v) is 10.3. The zero-order valence-electron chi connectivity index (χ0n) is 17.1. The zero-order chi connectivity index (χ0) is 22.4. The van der Waals surface area contributed by atoms with Gasteiger partial charge < -0.3 is 15.0 Å². The Labute approximate surface area is 191 Å². The molecule has 0 spiro atoms. The van der Waals surface area contributed by atoms with Crippen LogP contribution in [-0.4, -0.2) is 30.9 Å². The molecule has 1 heterocycles. The Hall–Kier alpha value is -3.09. The lowest BCUT2D eigenvalue weighted by Gasteiger charge is -2.14. The van der Waals surface area contributed by atoms with Crippen LogP contribution in [0.25, 0.3) is 0 Å². The molecule has 1 amide bonds. The molecule has 0 saturated heterocycles. The SMILES string of the molecule is CN(C)C(=O)c1ccc[n+](COC(=O)Cc2ccccc2Nc2c(Cl)cccc2Cl)c1. The maximum absolute atomic E-state index is 12.5. The van der Waals surface area contributed by atoms with Gasteiger partial charge in [-0.25, -0.2) is 0 Å². The van der Waals surface area contributed by atoms with Gasteiger partial charge in [0, 0.05) is 25.8 Å². The van der Waals surface area contributed by atoms with Crippen LogP contribution in [0, 0.1) is 0 Å². The molecule has 3 rings (SSSR count). The van der Waals surface area contributed by atoms with Crippen molar-refractivity contribution >= 4 is 46.5 Å². The number of hydrogen-bond donors (Lipinski definition) is 1. The Morgan fingerprint density at radius 3 is 2.42 bits per heavy atom. The predicted molar refractivity (Wildman–Crippen MR) is 121 cm³/mol. The summed E-state index contributed by atoms with van der Waals surface area (Å²) < 4.78 is 7.04. The third-order valence-electron chi connectivity index (χ3n) is 4.46. The van der Waals surface area contributed by atoms with E-state index < -0.39 is 5.97 Å². The fraction of sp³-hybridized carbons (Fsp3) is 0.174. The van der Waals surface area contributed by atoms with E-state index in [-0.39, 0.29) is 19.1 Å². The summed E-state index contributed by atoms with van der Waals surface area (Å²) in [6.07, 6.45) is 3.43. The maximum atomic E-state index is 12.5. The minimum absolute atomic E-state index is 0.000676. The monoisotopic (exact) mass is 458 g/mol. The van der Waals surface area contributed by atoms with Crippen molar-refractivity contribution in [3.05, 3.63) is 88.2 Å². The number of ether oxygens (including phenoxy) is 1. The second-order valence-electron chi connectivity index (χ2n) is 7.01. The van der Waals surface area contributed by atoms with Crippen LogP contribution in [0.3, 0.4) is 0 Å². The molecular formula is C23H22Cl2N3O3+. The van der Waals surface area contributed by atoms with Crippen molar-refractivity contribution in [3.63, 3.8) is 0 Å². The summed E-state index contributed by atoms with van der Waals surface area (Å²) in [6, 6.07) is 16.0. The average molecular weight is 459 g/mol. The first-order chi connectivity index (χ1) is 14.8. The van der Waals surface area contributed by atoms with Crippen molar-refractivity contribution in [2.45, 2.75) is 13.2 Å². The third-order valence-corrected chi connectivity index (χ3v) is 5.09. The van der Waals surface area contributed by atoms with Gasteiger partial charge >= 0.3 is 5.97 Å². The molecule has 0 fully saturated rings. The zero-order valence-corrected chi connectivity index (χ0v) is 18.7. The number of hydrogen-bond acceptors (Lipinski definition) is 4. The quantitative estimate of drug-likeness (QED) is 0.419. The topological polar surface area (TPSA) is 62.5 Å². The number of benzene rings is 2. The van der Waals surface area contributed by atoms with Crippen LogP contribution in [0.15, 0.2) is 67.0 Å². The molecule has 0 atom stereocenters. The fourth-order valence-electron chi connectivity index (χ4n) is 2.89. The largest absolute Gasteiger partial charge is 0.405 e. The highest BCUT2D eigenvalue weighted by atomic mass is 35.5. The molecule has 1 N–H and O–H groups in total. The molecule has 0 aliphatic rings. The standard InChI is InChI=1S/C23H22Cl2N3O3/c1-27(2)23(30)17-8-6-12-28(14-17)15-31-21(29)13-16-7-3-4-11-20(16)26-22-18(24)9-5-10-19(22)25/h3-12,14,26H,13,15H2,1-2H3/q+1. The van der Waals surface area contributed by atoms with Gasteiger partial charge in [-0.15, -0.1) is 0 Å². The second-order valence-corrected chi connectivity index (χ2v) is 7.82. The summed E-state index contributed by atoms with van der Waals surface area (Å²) in [4.78, 5) is 26.0. The molecule has 0 unspecified atom stereocenters. The molecule has 3 aromatic rings. The Balaban J connectivity index is 1.67. The summed E-state index contributed by atoms with van der Waals surface area (Å²) >= 11 is 12.5. The minimum Gasteiger partial charge on any atom is -0.405 e. The van der Waals surface area contributed by atoms with E-state index in [9.17, 15) is 9.59 Å². The van der Waals surface area contributed by atoms with E-state index in [1.165, 1.54) is 4.90 Å². The van der Waals surface area contributed by atoms with Crippen LogP contribution in [0.2, 0.25) is 10.0 Å². The van der Waals surface area contributed by atoms with Crippen molar-refractivity contribution in [1.82, 2.24) is 4.90 Å². The lowest BCUT2D eigenvalue weighted by molar-refractivity contribution is -0.727. The van der Waals surface area contributed by atoms with E-state index in [1.807, 2.05) is 24.3 Å². The average Bonchev–Trinajstić information content (AvgIpc) is 2.75. The number of rotatable bonds is 7. The first-order valence-electron chi connectivity index (χ1n) is 9.50. The number of anilines is 2. The number of esters is 1. The molecule has 0 aliphatic carbocycles. The van der Waals surface area contributed by atoms with Gasteiger partial charge in [0.2, 0.25) is 0 Å². The van der Waals surface area contributed by atoms with Crippen LogP contribution in [0.5, 0.6) is 0 Å². The number of nitrogens with zero attached hydrogens (tertiary/aromatic N) is 2. The van der Waals surface area contributed by atoms with Crippen molar-refractivity contribution in [2.75, 3.05) is 19.4 Å². The van der Waals surface area contributed by atoms with E-state index in [0.29, 0.717) is 27.0 Å². The lowest BCUT2D eigenvalue weighted by Crippen LogP contribution is -2.37. The third kappa shape index (κ3) is 5.96. The number of aromatic nitrogens is 1. The van der Waals surface area contributed by atoms with Gasteiger partial charge in [0.05, 0.1) is 22.2 Å². The minimum atomic E-state index is -0.406. The predicted octanol–water partition coefficient (Wildman–Crippen LogP) is 4.47. The molecule has 0 bridgehead atoms. The van der Waals surface area contributed by atoms with Crippen LogP contribution in [-0.2, 0) is 22.7 Å². The Morgan fingerprint density at radius 1 is 1.00 bits per heavy atom. The van der Waals surface area contributed by atoms with E-state index in [1.54, 1.807) is 61.4 Å². The summed E-state index contributed by atoms with van der Waals surface area (Å²) in [7, 11) is 3.36. The van der Waals surface area contributed by atoms with E-state index in [2.05, 4.69) is 5.32 Å². The van der Waals surface area contributed by atoms with Gasteiger partial charge in [0.15, 0.2) is 12.4 Å². The lowest BCUT2D eigenvalue weighted by atomic mass is 10.1. The number of halogens is 2. The fourth-order valence-corrected chi connectivity index (χ4v) is 3.38. The molecule has 2 aromatic carbocycles. The van der Waals surface area contributed by atoms with Gasteiger partial charge in [0.1, 0.15) is 5.56 Å². The summed E-state index contributed by atoms with van der Waals surface area (Å²) in [5, 5.41) is 4.16. The van der Waals surface area contributed by atoms with Gasteiger partial charge in [-0.05, 0) is 29.8 Å². The highest BCUT2D eigenvalue weighted by Crippen LogP contribution is 2.33. The smallest absolute Gasteiger partial charge is 0.315 e. The van der Waals surface area contributed by atoms with Gasteiger partial charge in [-0.2, -0.15) is 4.57 Å². The number of nitrogens with one attached hydrogen (secondary N) is 1. The normalized spacial score (nSPS) is 10.5. The van der Waals surface area contributed by atoms with Gasteiger partial charge in [-0.1, -0.05) is 47.5 Å². The molecule has 6 nitrogen and oxygen atoms in total. The van der Waals surface area contributed by atoms with Gasteiger partial charge in [-0.3, -0.25) is 9.59 Å². The summed E-state index contributed by atoms with van der Waals surface area (Å²) in [5.41, 5.74) is 2.53. The number of carbonyl (C=O) groups is 2. The molecular weight excluding hydrogens is 437 g/mol. The molecule has 1 aromatic heterocycles. The van der Waals surface area contributed by atoms with Crippen molar-refractivity contribution in [2.24, 2.45) is 0 Å². The van der Waals surface area contributed by atoms with Crippen LogP contribution in [0.4, 0.5) is 11.4 Å². The second kappa shape index (κ2) is 10.3. The molecule has 8 heteroatoms. The highest BCUT2D eigenvalue weighted by Gasteiger charge is 2.15. The van der Waals surface area contributed by atoms with Crippen LogP contribution in [0.1, 0.15) is 15.9 Å². The molecule has 160 valence electrons. The van der Waals surface area contributed by atoms with Crippen molar-refractivity contribution in [1.29, 1.82) is 0 Å². The molecule has 31 heavy (non-hydrogen) atoms. The maximum Gasteiger partial charge on any atom is 0.315 e. The molecule has 0 saturated carbocycles. The van der Waals surface area contributed by atoms with Crippen LogP contribution < -0.4 is 9.88 Å². The Morgan fingerprint density at radius 2 is 1.71 bits per heavy atom. The van der Waals surface area contributed by atoms with E-state index in [4.69, 9.17) is 27.9 Å². The Bertz CT molecular complexity index is 1080. The summed E-state index contributed by atoms with van der Waals surface area (Å²) in [5.74, 6) is -0.532. The van der Waals surface area contributed by atoms with Crippen molar-refractivity contribution < 1.29 is 18.9 Å². The first kappa shape index (κ1) is 22.6. The van der Waals surface area contributed by atoms with Gasteiger partial charge in [0.25, 0.3) is 12.6 Å². The van der Waals surface area contributed by atoms with E-state index >= 15 is 0 Å².